The minimum Gasteiger partial charge on any atom is -0.673 e. The second kappa shape index (κ2) is 15.3. The maximum absolute atomic E-state index is 6.94. The smallest absolute Gasteiger partial charge is 0.673 e. The van der Waals surface area contributed by atoms with Gasteiger partial charge in [-0.2, -0.15) is 0 Å². The Morgan fingerprint density at radius 2 is 1.62 bits per heavy atom. The first-order valence-corrected chi connectivity index (χ1v) is 7.87. The van der Waals surface area contributed by atoms with Crippen LogP contribution in [-0.2, 0) is 28.1 Å². The van der Waals surface area contributed by atoms with Crippen molar-refractivity contribution in [3.05, 3.63) is 85.8 Å². The van der Waals surface area contributed by atoms with E-state index in [1.807, 2.05) is 20.8 Å². The van der Waals surface area contributed by atoms with Gasteiger partial charge in [-0.3, -0.25) is 0 Å². The van der Waals surface area contributed by atoms with Crippen LogP contribution in [0.4, 0.5) is 0 Å². The Morgan fingerprint density at radius 1 is 1.12 bits per heavy atom. The number of hydrogen-bond acceptors (Lipinski definition) is 0. The van der Waals surface area contributed by atoms with Gasteiger partial charge >= 0.3 is 21.7 Å². The fourth-order valence-corrected chi connectivity index (χ4v) is 2.15. The topological polar surface area (TPSA) is 23.8 Å². The molecule has 0 saturated heterocycles. The number of fused-ring (bicyclic) bond motifs is 1. The average Bonchev–Trinajstić information content (AvgIpc) is 2.68. The molecule has 0 bridgehead atoms. The van der Waals surface area contributed by atoms with Crippen LogP contribution in [0.15, 0.2) is 54.1 Å². The third kappa shape index (κ3) is 13.4. The Balaban J connectivity index is -0.000000241. The molecule has 0 fully saturated rings. The Labute approximate surface area is 182 Å². The zero-order valence-electron chi connectivity index (χ0n) is 17.8. The van der Waals surface area contributed by atoms with Crippen LogP contribution < -0.4 is 0 Å². The van der Waals surface area contributed by atoms with Crippen LogP contribution in [0.3, 0.4) is 0 Å². The van der Waals surface area contributed by atoms with Gasteiger partial charge in [0.25, 0.3) is 0 Å². The Morgan fingerprint density at radius 3 is 2.12 bits per heavy atom. The average molecular weight is 401 g/mol. The minimum absolute atomic E-state index is 0. The van der Waals surface area contributed by atoms with Gasteiger partial charge < -0.3 is 20.6 Å². The van der Waals surface area contributed by atoms with Crippen LogP contribution in [0.1, 0.15) is 45.7 Å². The number of benzene rings is 1. The van der Waals surface area contributed by atoms with Gasteiger partial charge in [0.05, 0.1) is 0 Å². The second-order valence-corrected chi connectivity index (χ2v) is 7.02. The molecule has 1 N–H and O–H groups in total. The molecule has 2 rings (SSSR count). The third-order valence-electron chi connectivity index (χ3n) is 3.02. The number of allylic oxidation sites excluding steroid dienone is 4. The Kier molecular flexibility index (Phi) is 19.3. The summed E-state index contributed by atoms with van der Waals surface area (Å²) in [6.07, 6.45) is 7.56. The molecule has 2 aromatic carbocycles. The fourth-order valence-electron chi connectivity index (χ4n) is 2.15. The van der Waals surface area contributed by atoms with Crippen LogP contribution in [0.2, 0.25) is 0 Å². The minimum atomic E-state index is -0.250. The van der Waals surface area contributed by atoms with Crippen molar-refractivity contribution in [1.29, 1.82) is 0 Å². The molecule has 0 aliphatic heterocycles. The summed E-state index contributed by atoms with van der Waals surface area (Å²) >= 11 is 0. The van der Waals surface area contributed by atoms with Crippen LogP contribution in [0.5, 0.6) is 0 Å². The molecule has 0 spiro atoms. The van der Waals surface area contributed by atoms with E-state index < -0.39 is 0 Å². The van der Waals surface area contributed by atoms with E-state index in [0.29, 0.717) is 0 Å². The molecular weight excluding hydrogens is 366 g/mol. The monoisotopic (exact) mass is 401 g/mol. The summed E-state index contributed by atoms with van der Waals surface area (Å²) in [4.78, 5) is 0. The van der Waals surface area contributed by atoms with Gasteiger partial charge in [0.15, 0.2) is 0 Å². The molecule has 4 radical (unpaired) electrons. The molecule has 0 atom stereocenters. The van der Waals surface area contributed by atoms with Gasteiger partial charge in [-0.15, -0.1) is 51.7 Å². The van der Waals surface area contributed by atoms with E-state index in [4.69, 9.17) is 5.73 Å². The fraction of sp³-hybridized carbons (Fsp3) is 0.348. The zero-order valence-corrected chi connectivity index (χ0v) is 20.4. The number of aryl methyl sites for hydroxylation is 1. The molecule has 0 saturated carbocycles. The summed E-state index contributed by atoms with van der Waals surface area (Å²) in [5.41, 5.74) is 10.9. The van der Waals surface area contributed by atoms with Crippen molar-refractivity contribution in [3.8, 4) is 0 Å². The van der Waals surface area contributed by atoms with Gasteiger partial charge in [0.2, 0.25) is 0 Å². The quantitative estimate of drug-likeness (QED) is 0.293. The van der Waals surface area contributed by atoms with E-state index in [1.54, 1.807) is 0 Å². The predicted octanol–water partition coefficient (Wildman–Crippen LogP) is 7.29. The van der Waals surface area contributed by atoms with Crippen molar-refractivity contribution < 1.29 is 21.7 Å². The molecule has 0 heterocycles. The van der Waals surface area contributed by atoms with Gasteiger partial charge in [-0.1, -0.05) is 64.0 Å². The molecule has 26 heavy (non-hydrogen) atoms. The third-order valence-corrected chi connectivity index (χ3v) is 3.02. The summed E-state index contributed by atoms with van der Waals surface area (Å²) < 4.78 is 0. The first kappa shape index (κ1) is 32.8. The molecule has 0 aliphatic rings. The Hall–Kier alpha value is -0.799. The molecule has 0 aromatic heterocycles. The van der Waals surface area contributed by atoms with Crippen LogP contribution in [0, 0.1) is 21.8 Å². The summed E-state index contributed by atoms with van der Waals surface area (Å²) in [5.74, 6) is 0. The molecule has 140 valence electrons. The van der Waals surface area contributed by atoms with Crippen molar-refractivity contribution in [2.24, 2.45) is 0 Å². The normalized spacial score (nSPS) is 9.65. The zero-order chi connectivity index (χ0) is 16.8. The predicted molar refractivity (Wildman–Crippen MR) is 119 cm³/mol. The maximum atomic E-state index is 6.94. The molecule has 1 nitrogen and oxygen atoms in total. The van der Waals surface area contributed by atoms with Gasteiger partial charge in [-0.05, 0) is 13.8 Å². The van der Waals surface area contributed by atoms with Crippen LogP contribution in [0.25, 0.3) is 16.5 Å². The molecule has 0 aliphatic carbocycles. The van der Waals surface area contributed by atoms with Gasteiger partial charge in [0, 0.05) is 11.0 Å². The van der Waals surface area contributed by atoms with E-state index in [2.05, 4.69) is 69.3 Å². The van der Waals surface area contributed by atoms with Crippen LogP contribution in [-0.4, -0.2) is 16.5 Å². The molecule has 2 aromatic rings. The first-order chi connectivity index (χ1) is 10.2. The van der Waals surface area contributed by atoms with E-state index in [-0.39, 0.29) is 53.1 Å². The number of rotatable bonds is 3. The summed E-state index contributed by atoms with van der Waals surface area (Å²) in [6.45, 7) is 12.0. The summed E-state index contributed by atoms with van der Waals surface area (Å²) in [6, 6.07) is 10.9. The van der Waals surface area contributed by atoms with Crippen molar-refractivity contribution in [2.75, 3.05) is 0 Å². The van der Waals surface area contributed by atoms with E-state index in [0.717, 1.165) is 6.42 Å². The van der Waals surface area contributed by atoms with Crippen molar-refractivity contribution in [3.63, 3.8) is 0 Å². The summed E-state index contributed by atoms with van der Waals surface area (Å²) in [5, 5.41) is 2.75. The molecular formula is C23H35NSiTi. The maximum Gasteiger partial charge on any atom is 4.00 e. The first-order valence-electron chi connectivity index (χ1n) is 7.87. The Bertz CT molecular complexity index is 650. The van der Waals surface area contributed by atoms with Crippen molar-refractivity contribution >= 4 is 21.7 Å². The van der Waals surface area contributed by atoms with Gasteiger partial charge in [-0.25, -0.2) is 0 Å². The van der Waals surface area contributed by atoms with E-state index in [1.165, 1.54) is 27.5 Å². The molecule has 0 unspecified atom stereocenters. The number of hydrogen-bond donors (Lipinski definition) is 0. The van der Waals surface area contributed by atoms with Crippen molar-refractivity contribution in [2.45, 2.75) is 53.5 Å². The van der Waals surface area contributed by atoms with E-state index >= 15 is 0 Å². The SMILES string of the molecule is CC(C)(C)[NH-].CC(C)=CC=CCc1c(C)[cH-]c2ccccc12.[CH3-].[CH3-].[Si].[Ti+4]. The largest absolute Gasteiger partial charge is 4.00 e. The van der Waals surface area contributed by atoms with Gasteiger partial charge in [0.1, 0.15) is 0 Å². The molecule has 3 heteroatoms. The number of nitrogens with one attached hydrogen (secondary N) is 1. The standard InChI is InChI=1S/C17H19.C4H10N.2CH3.Si.Ti/c1-13(2)8-4-6-10-16-14(3)12-15-9-5-7-11-17(15)16;1-4(2,3)5;;;;/h4-9,11-12H,10H2,1-3H3;5H,1-3H3;2*1H3;;/q4*-1;;+4. The second-order valence-electron chi connectivity index (χ2n) is 7.02. The van der Waals surface area contributed by atoms with Crippen molar-refractivity contribution in [1.82, 2.24) is 0 Å². The molecule has 0 amide bonds. The summed E-state index contributed by atoms with van der Waals surface area (Å²) in [7, 11) is 0. The van der Waals surface area contributed by atoms with Crippen LogP contribution >= 0.6 is 0 Å². The van der Waals surface area contributed by atoms with E-state index in [9.17, 15) is 0 Å².